The molecule has 0 fully saturated rings. The van der Waals surface area contributed by atoms with Gasteiger partial charge in [0.25, 0.3) is 0 Å². The summed E-state index contributed by atoms with van der Waals surface area (Å²) in [4.78, 5) is 2.08. The second-order valence-corrected chi connectivity index (χ2v) is 3.81. The van der Waals surface area contributed by atoms with E-state index in [1.54, 1.807) is 20.3 Å². The zero-order valence-corrected chi connectivity index (χ0v) is 10.8. The molecule has 0 heterocycles. The average molecular weight is 249 g/mol. The first-order chi connectivity index (χ1) is 8.72. The molecule has 0 saturated heterocycles. The Balaban J connectivity index is 2.86. The molecule has 98 valence electrons. The SMILES string of the molecule is COCCN(CCC#N)c1ccc(N)c(OC)c1. The molecule has 0 aromatic heterocycles. The normalized spacial score (nSPS) is 9.83. The molecule has 0 bridgehead atoms. The van der Waals surface area contributed by atoms with Crippen LogP contribution >= 0.6 is 0 Å². The van der Waals surface area contributed by atoms with E-state index in [1.807, 2.05) is 12.1 Å². The van der Waals surface area contributed by atoms with E-state index in [1.165, 1.54) is 0 Å². The maximum Gasteiger partial charge on any atom is 0.143 e. The van der Waals surface area contributed by atoms with E-state index < -0.39 is 0 Å². The lowest BCUT2D eigenvalue weighted by Gasteiger charge is -2.24. The molecule has 0 saturated carbocycles. The van der Waals surface area contributed by atoms with E-state index in [2.05, 4.69) is 11.0 Å². The van der Waals surface area contributed by atoms with Gasteiger partial charge in [0.15, 0.2) is 0 Å². The number of nitrogens with two attached hydrogens (primary N) is 1. The molecule has 18 heavy (non-hydrogen) atoms. The summed E-state index contributed by atoms with van der Waals surface area (Å²) in [5.41, 5.74) is 7.36. The Labute approximate surface area is 108 Å². The van der Waals surface area contributed by atoms with Gasteiger partial charge in [-0.25, -0.2) is 0 Å². The van der Waals surface area contributed by atoms with Crippen LogP contribution in [-0.4, -0.2) is 33.9 Å². The van der Waals surface area contributed by atoms with Gasteiger partial charge in [-0.2, -0.15) is 5.26 Å². The fourth-order valence-corrected chi connectivity index (χ4v) is 1.65. The number of hydrogen-bond acceptors (Lipinski definition) is 5. The molecule has 0 spiro atoms. The Morgan fingerprint density at radius 3 is 2.72 bits per heavy atom. The molecule has 0 aliphatic carbocycles. The molecule has 2 N–H and O–H groups in total. The molecule has 5 nitrogen and oxygen atoms in total. The Kier molecular flexibility index (Phi) is 5.81. The van der Waals surface area contributed by atoms with E-state index in [9.17, 15) is 0 Å². The molecule has 1 aromatic rings. The highest BCUT2D eigenvalue weighted by Gasteiger charge is 2.08. The van der Waals surface area contributed by atoms with Gasteiger partial charge in [-0.1, -0.05) is 0 Å². The monoisotopic (exact) mass is 249 g/mol. The van der Waals surface area contributed by atoms with Crippen LogP contribution in [0.5, 0.6) is 5.75 Å². The van der Waals surface area contributed by atoms with Crippen molar-refractivity contribution < 1.29 is 9.47 Å². The molecule has 1 aromatic carbocycles. The minimum atomic E-state index is 0.469. The molecule has 0 atom stereocenters. The van der Waals surface area contributed by atoms with Gasteiger partial charge in [0, 0.05) is 32.0 Å². The Morgan fingerprint density at radius 2 is 2.11 bits per heavy atom. The summed E-state index contributed by atoms with van der Waals surface area (Å²) in [6, 6.07) is 7.75. The molecule has 1 rings (SSSR count). The second-order valence-electron chi connectivity index (χ2n) is 3.81. The van der Waals surface area contributed by atoms with Crippen molar-refractivity contribution in [2.45, 2.75) is 6.42 Å². The van der Waals surface area contributed by atoms with Crippen LogP contribution in [0.3, 0.4) is 0 Å². The zero-order chi connectivity index (χ0) is 13.4. The summed E-state index contributed by atoms with van der Waals surface area (Å²) < 4.78 is 10.3. The minimum absolute atomic E-state index is 0.469. The predicted molar refractivity (Wildman–Crippen MR) is 71.7 cm³/mol. The van der Waals surface area contributed by atoms with Crippen LogP contribution in [0.1, 0.15) is 6.42 Å². The highest BCUT2D eigenvalue weighted by atomic mass is 16.5. The van der Waals surface area contributed by atoms with E-state index >= 15 is 0 Å². The first-order valence-electron chi connectivity index (χ1n) is 5.77. The minimum Gasteiger partial charge on any atom is -0.495 e. The van der Waals surface area contributed by atoms with Gasteiger partial charge in [0.1, 0.15) is 5.75 Å². The van der Waals surface area contributed by atoms with Gasteiger partial charge in [-0.05, 0) is 12.1 Å². The van der Waals surface area contributed by atoms with Crippen LogP contribution in [0.4, 0.5) is 11.4 Å². The standard InChI is InChI=1S/C13H19N3O2/c1-17-9-8-16(7-3-6-14)11-4-5-12(15)13(10-11)18-2/h4-5,10H,3,7-9,15H2,1-2H3. The summed E-state index contributed by atoms with van der Waals surface area (Å²) in [5.74, 6) is 0.645. The number of nitrogen functional groups attached to an aromatic ring is 1. The topological polar surface area (TPSA) is 71.5 Å². The maximum absolute atomic E-state index is 8.68. The number of nitriles is 1. The number of nitrogens with zero attached hydrogens (tertiary/aromatic N) is 2. The van der Waals surface area contributed by atoms with Crippen molar-refractivity contribution in [3.8, 4) is 11.8 Å². The Morgan fingerprint density at radius 1 is 1.33 bits per heavy atom. The number of anilines is 2. The highest BCUT2D eigenvalue weighted by molar-refractivity contribution is 5.62. The highest BCUT2D eigenvalue weighted by Crippen LogP contribution is 2.27. The molecule has 5 heteroatoms. The largest absolute Gasteiger partial charge is 0.495 e. The summed E-state index contributed by atoms with van der Waals surface area (Å²) in [6.45, 7) is 2.00. The molecular formula is C13H19N3O2. The number of rotatable bonds is 7. The fourth-order valence-electron chi connectivity index (χ4n) is 1.65. The molecule has 0 unspecified atom stereocenters. The summed E-state index contributed by atoms with van der Waals surface area (Å²) in [7, 11) is 3.25. The van der Waals surface area contributed by atoms with Crippen molar-refractivity contribution in [3.63, 3.8) is 0 Å². The van der Waals surface area contributed by atoms with Crippen molar-refractivity contribution in [1.82, 2.24) is 0 Å². The van der Waals surface area contributed by atoms with E-state index in [-0.39, 0.29) is 0 Å². The molecular weight excluding hydrogens is 230 g/mol. The lowest BCUT2D eigenvalue weighted by Crippen LogP contribution is -2.28. The van der Waals surface area contributed by atoms with Crippen molar-refractivity contribution in [1.29, 1.82) is 5.26 Å². The first kappa shape index (κ1) is 14.1. The van der Waals surface area contributed by atoms with Gasteiger partial charge < -0.3 is 20.1 Å². The third-order valence-corrected chi connectivity index (χ3v) is 2.64. The van der Waals surface area contributed by atoms with Crippen LogP contribution < -0.4 is 15.4 Å². The van der Waals surface area contributed by atoms with E-state index in [4.69, 9.17) is 20.5 Å². The lowest BCUT2D eigenvalue weighted by atomic mass is 10.2. The third-order valence-electron chi connectivity index (χ3n) is 2.64. The molecule has 0 aliphatic heterocycles. The average Bonchev–Trinajstić information content (AvgIpc) is 2.40. The third kappa shape index (κ3) is 3.82. The second kappa shape index (κ2) is 7.41. The Hall–Kier alpha value is -1.93. The van der Waals surface area contributed by atoms with Crippen molar-refractivity contribution in [2.24, 2.45) is 0 Å². The van der Waals surface area contributed by atoms with Gasteiger partial charge in [0.2, 0.25) is 0 Å². The zero-order valence-electron chi connectivity index (χ0n) is 10.8. The molecule has 0 amide bonds. The van der Waals surface area contributed by atoms with Crippen molar-refractivity contribution in [2.75, 3.05) is 44.5 Å². The van der Waals surface area contributed by atoms with Crippen LogP contribution in [0.15, 0.2) is 18.2 Å². The smallest absolute Gasteiger partial charge is 0.143 e. The number of hydrogen-bond donors (Lipinski definition) is 1. The molecule has 0 radical (unpaired) electrons. The van der Waals surface area contributed by atoms with Crippen LogP contribution in [0.2, 0.25) is 0 Å². The van der Waals surface area contributed by atoms with E-state index in [0.29, 0.717) is 31.0 Å². The molecule has 0 aliphatic rings. The predicted octanol–water partition coefficient (Wildman–Crippen LogP) is 1.64. The Bertz CT molecular complexity index is 415. The number of methoxy groups -OCH3 is 2. The summed E-state index contributed by atoms with van der Waals surface area (Å²) >= 11 is 0. The van der Waals surface area contributed by atoms with Crippen LogP contribution in [-0.2, 0) is 4.74 Å². The van der Waals surface area contributed by atoms with Gasteiger partial charge in [-0.15, -0.1) is 0 Å². The maximum atomic E-state index is 8.68. The summed E-state index contributed by atoms with van der Waals surface area (Å²) in [5, 5.41) is 8.68. The van der Waals surface area contributed by atoms with E-state index in [0.717, 1.165) is 12.2 Å². The van der Waals surface area contributed by atoms with Crippen molar-refractivity contribution in [3.05, 3.63) is 18.2 Å². The van der Waals surface area contributed by atoms with Gasteiger partial charge in [-0.3, -0.25) is 0 Å². The lowest BCUT2D eigenvalue weighted by molar-refractivity contribution is 0.205. The summed E-state index contributed by atoms with van der Waals surface area (Å²) in [6.07, 6.45) is 0.469. The van der Waals surface area contributed by atoms with Crippen LogP contribution in [0.25, 0.3) is 0 Å². The van der Waals surface area contributed by atoms with Gasteiger partial charge >= 0.3 is 0 Å². The van der Waals surface area contributed by atoms with Crippen LogP contribution in [0, 0.1) is 11.3 Å². The quantitative estimate of drug-likeness (QED) is 0.744. The first-order valence-corrected chi connectivity index (χ1v) is 5.77. The van der Waals surface area contributed by atoms with Crippen molar-refractivity contribution >= 4 is 11.4 Å². The number of benzene rings is 1. The van der Waals surface area contributed by atoms with Gasteiger partial charge in [0.05, 0.1) is 31.9 Å². The fraction of sp³-hybridized carbons (Fsp3) is 0.462. The number of ether oxygens (including phenoxy) is 2.